The fourth-order valence-corrected chi connectivity index (χ4v) is 9.45. The highest BCUT2D eigenvalue weighted by molar-refractivity contribution is 7.80. The number of hydrogen-bond acceptors (Lipinski definition) is 4. The van der Waals surface area contributed by atoms with Crippen molar-refractivity contribution in [3.8, 4) is 27.9 Å². The minimum atomic E-state index is -0.190. The molecule has 0 aliphatic carbocycles. The van der Waals surface area contributed by atoms with Gasteiger partial charge in [-0.3, -0.25) is 4.99 Å². The molecule has 5 heteroatoms. The van der Waals surface area contributed by atoms with E-state index in [1.807, 2.05) is 48.7 Å². The van der Waals surface area contributed by atoms with Gasteiger partial charge in [-0.2, -0.15) is 0 Å². The molecule has 1 N–H and O–H groups in total. The largest absolute Gasteiger partial charge is 0.360 e. The summed E-state index contributed by atoms with van der Waals surface area (Å²) >= 11 is 6.08. The zero-order valence-electron chi connectivity index (χ0n) is 31.9. The van der Waals surface area contributed by atoms with Crippen LogP contribution in [0.3, 0.4) is 0 Å². The van der Waals surface area contributed by atoms with Crippen LogP contribution in [0.1, 0.15) is 22.9 Å². The number of fused-ring (bicyclic) bond motifs is 6. The summed E-state index contributed by atoms with van der Waals surface area (Å²) in [5, 5.41) is 8.84. The quantitative estimate of drug-likeness (QED) is 0.167. The summed E-state index contributed by atoms with van der Waals surface area (Å²) in [6.45, 7) is 2.04. The molecule has 0 bridgehead atoms. The van der Waals surface area contributed by atoms with Crippen molar-refractivity contribution in [2.45, 2.75) is 18.0 Å². The fourth-order valence-electron chi connectivity index (χ4n) is 8.05. The highest BCUT2D eigenvalue weighted by Gasteiger charge is 2.19. The van der Waals surface area contributed by atoms with Crippen molar-refractivity contribution in [2.75, 3.05) is 0 Å². The maximum absolute atomic E-state index is 4.85. The van der Waals surface area contributed by atoms with Crippen LogP contribution in [-0.2, 0) is 0 Å². The molecule has 3 heterocycles. The first-order valence-electron chi connectivity index (χ1n) is 19.5. The molecule has 0 radical (unpaired) electrons. The molecule has 2 aromatic heterocycles. The van der Waals surface area contributed by atoms with Gasteiger partial charge in [0, 0.05) is 53.4 Å². The Balaban J connectivity index is 0.000000459. The normalized spacial score (nSPS) is 13.7. The average molecular weight is 782 g/mol. The summed E-state index contributed by atoms with van der Waals surface area (Å²) in [4.78, 5) is 5.92. The summed E-state index contributed by atoms with van der Waals surface area (Å²) in [6.07, 6.45) is 3.79. The minimum Gasteiger partial charge on any atom is -0.360 e. The molecular formula is C53H39N3S2. The van der Waals surface area contributed by atoms with Crippen molar-refractivity contribution in [2.24, 2.45) is 4.99 Å². The number of benzene rings is 8. The first kappa shape index (κ1) is 35.7. The first-order chi connectivity index (χ1) is 28.6. The zero-order valence-corrected chi connectivity index (χ0v) is 33.6. The molecule has 1 aliphatic rings. The Morgan fingerprint density at radius 1 is 0.552 bits per heavy atom. The van der Waals surface area contributed by atoms with Gasteiger partial charge in [-0.15, -0.1) is 24.0 Å². The molecule has 278 valence electrons. The van der Waals surface area contributed by atoms with Gasteiger partial charge in [0.15, 0.2) is 0 Å². The standard InChI is InChI=1S/C46H31N3S.C7H8S/c1-2-10-30(11-3-1)31-20-22-32(23-21-31)41-26-27-47-46(48-41)34-12-8-13-35(28-34)49-42-18-6-4-14-37(42)40-29-33(24-25-43(40)49)36-16-9-17-39-38-15-5-7-19-44(38)50-45(36)39;1-6-4-2-3-5-7(6)8/h1-29,46,48H;2-5,8H,1H3. The van der Waals surface area contributed by atoms with E-state index in [2.05, 4.69) is 192 Å². The van der Waals surface area contributed by atoms with Gasteiger partial charge in [-0.1, -0.05) is 146 Å². The van der Waals surface area contributed by atoms with E-state index in [4.69, 9.17) is 4.99 Å². The molecular weight excluding hydrogens is 743 g/mol. The third-order valence-electron chi connectivity index (χ3n) is 11.0. The van der Waals surface area contributed by atoms with Crippen LogP contribution in [0.5, 0.6) is 0 Å². The highest BCUT2D eigenvalue weighted by atomic mass is 32.1. The van der Waals surface area contributed by atoms with Crippen LogP contribution in [0.2, 0.25) is 0 Å². The predicted octanol–water partition coefficient (Wildman–Crippen LogP) is 14.5. The molecule has 11 rings (SSSR count). The number of nitrogens with zero attached hydrogens (tertiary/aromatic N) is 2. The van der Waals surface area contributed by atoms with Gasteiger partial charge in [0.25, 0.3) is 0 Å². The molecule has 0 saturated carbocycles. The van der Waals surface area contributed by atoms with Gasteiger partial charge in [-0.05, 0) is 94.4 Å². The number of allylic oxidation sites excluding steroid dienone is 1. The van der Waals surface area contributed by atoms with Gasteiger partial charge in [0.1, 0.15) is 6.17 Å². The lowest BCUT2D eigenvalue weighted by Gasteiger charge is -2.22. The number of aliphatic imine (C=N–C) groups is 1. The van der Waals surface area contributed by atoms with E-state index in [9.17, 15) is 0 Å². The Labute approximate surface area is 347 Å². The molecule has 0 saturated heterocycles. The Bertz CT molecular complexity index is 3150. The summed E-state index contributed by atoms with van der Waals surface area (Å²) in [6, 6.07) is 67.2. The van der Waals surface area contributed by atoms with E-state index in [0.29, 0.717) is 0 Å². The summed E-state index contributed by atoms with van der Waals surface area (Å²) in [5.41, 5.74) is 13.0. The third-order valence-corrected chi connectivity index (χ3v) is 12.7. The Morgan fingerprint density at radius 3 is 2.05 bits per heavy atom. The second kappa shape index (κ2) is 15.4. The third kappa shape index (κ3) is 6.68. The van der Waals surface area contributed by atoms with Crippen molar-refractivity contribution < 1.29 is 0 Å². The first-order valence-corrected chi connectivity index (χ1v) is 20.8. The van der Waals surface area contributed by atoms with Gasteiger partial charge < -0.3 is 9.88 Å². The number of hydrogen-bond donors (Lipinski definition) is 2. The molecule has 58 heavy (non-hydrogen) atoms. The fraction of sp³-hybridized carbons (Fsp3) is 0.0377. The maximum atomic E-state index is 4.85. The van der Waals surface area contributed by atoms with Crippen LogP contribution in [0, 0.1) is 6.92 Å². The van der Waals surface area contributed by atoms with Crippen LogP contribution in [0.25, 0.3) is 75.6 Å². The number of aryl methyl sites for hydroxylation is 1. The molecule has 0 amide bonds. The van der Waals surface area contributed by atoms with Gasteiger partial charge in [0.2, 0.25) is 0 Å². The van der Waals surface area contributed by atoms with Crippen LogP contribution in [0.15, 0.2) is 204 Å². The Morgan fingerprint density at radius 2 is 1.22 bits per heavy atom. The molecule has 0 fully saturated rings. The lowest BCUT2D eigenvalue weighted by atomic mass is 10.0. The van der Waals surface area contributed by atoms with E-state index in [1.54, 1.807) is 0 Å². The summed E-state index contributed by atoms with van der Waals surface area (Å²) < 4.78 is 5.06. The SMILES string of the molecule is C1=NC(c2cccc(-n3c4ccccc4c4cc(-c5cccc6c5sc5ccccc56)ccc43)c2)NC(c2ccc(-c3ccccc3)cc2)=C1.Cc1ccccc1S. The van der Waals surface area contributed by atoms with E-state index >= 15 is 0 Å². The van der Waals surface area contributed by atoms with E-state index < -0.39 is 0 Å². The number of rotatable bonds is 5. The van der Waals surface area contributed by atoms with Crippen molar-refractivity contribution >= 4 is 77.9 Å². The van der Waals surface area contributed by atoms with Crippen molar-refractivity contribution in [3.63, 3.8) is 0 Å². The Hall–Kier alpha value is -6.66. The van der Waals surface area contributed by atoms with Crippen molar-refractivity contribution in [1.29, 1.82) is 0 Å². The van der Waals surface area contributed by atoms with E-state index in [0.717, 1.165) is 27.4 Å². The number of nitrogens with one attached hydrogen (secondary N) is 1. The second-order valence-electron chi connectivity index (χ2n) is 14.6. The minimum absolute atomic E-state index is 0.190. The lowest BCUT2D eigenvalue weighted by Crippen LogP contribution is -2.21. The topological polar surface area (TPSA) is 29.3 Å². The van der Waals surface area contributed by atoms with Crippen LogP contribution in [0.4, 0.5) is 0 Å². The summed E-state index contributed by atoms with van der Waals surface area (Å²) in [7, 11) is 0. The molecule has 8 aromatic carbocycles. The lowest BCUT2D eigenvalue weighted by molar-refractivity contribution is 0.667. The monoisotopic (exact) mass is 781 g/mol. The highest BCUT2D eigenvalue weighted by Crippen LogP contribution is 2.42. The smallest absolute Gasteiger partial charge is 0.144 e. The van der Waals surface area contributed by atoms with Gasteiger partial charge in [-0.25, -0.2) is 0 Å². The average Bonchev–Trinajstić information content (AvgIpc) is 3.84. The van der Waals surface area contributed by atoms with Crippen LogP contribution in [-0.4, -0.2) is 10.8 Å². The molecule has 1 aliphatic heterocycles. The Kier molecular flexibility index (Phi) is 9.46. The molecule has 3 nitrogen and oxygen atoms in total. The zero-order chi connectivity index (χ0) is 39.0. The van der Waals surface area contributed by atoms with Gasteiger partial charge >= 0.3 is 0 Å². The van der Waals surface area contributed by atoms with E-state index in [-0.39, 0.29) is 6.17 Å². The van der Waals surface area contributed by atoms with Crippen molar-refractivity contribution in [3.05, 3.63) is 211 Å². The van der Waals surface area contributed by atoms with Gasteiger partial charge in [0.05, 0.1) is 11.0 Å². The second-order valence-corrected chi connectivity index (χ2v) is 16.1. The number of thiophene rings is 1. The molecule has 0 spiro atoms. The number of aromatic nitrogens is 1. The van der Waals surface area contributed by atoms with Crippen LogP contribution < -0.4 is 5.32 Å². The van der Waals surface area contributed by atoms with Crippen LogP contribution >= 0.6 is 24.0 Å². The van der Waals surface area contributed by atoms with E-state index in [1.165, 1.54) is 69.8 Å². The predicted molar refractivity (Wildman–Crippen MR) is 252 cm³/mol. The maximum Gasteiger partial charge on any atom is 0.144 e. The molecule has 1 unspecified atom stereocenters. The summed E-state index contributed by atoms with van der Waals surface area (Å²) in [5.74, 6) is 0. The number of para-hydroxylation sites is 1. The van der Waals surface area contributed by atoms with Crippen molar-refractivity contribution in [1.82, 2.24) is 9.88 Å². The molecule has 10 aromatic rings. The number of thiol groups is 1. The molecule has 1 atom stereocenters.